The first-order valence-electron chi connectivity index (χ1n) is 7.13. The molecule has 1 aliphatic rings. The summed E-state index contributed by atoms with van der Waals surface area (Å²) in [7, 11) is -2.75. The summed E-state index contributed by atoms with van der Waals surface area (Å²) < 4.78 is 22.7. The highest BCUT2D eigenvalue weighted by Gasteiger charge is 2.27. The molecule has 1 rings (SSSR count). The Balaban J connectivity index is 2.20. The molecule has 0 aromatic heterocycles. The molecule has 5 heteroatoms. The molecule has 0 radical (unpaired) electrons. The minimum absolute atomic E-state index is 0.178. The van der Waals surface area contributed by atoms with Gasteiger partial charge in [0.1, 0.15) is 0 Å². The number of hydrogen-bond donors (Lipinski definition) is 1. The number of nitrogens with one attached hydrogen (secondary N) is 1. The number of sulfone groups is 1. The molecule has 1 N–H and O–H groups in total. The van der Waals surface area contributed by atoms with Gasteiger partial charge in [-0.15, -0.1) is 0 Å². The van der Waals surface area contributed by atoms with Gasteiger partial charge >= 0.3 is 0 Å². The lowest BCUT2D eigenvalue weighted by atomic mass is 10.1. The third kappa shape index (κ3) is 5.67. The van der Waals surface area contributed by atoms with Crippen LogP contribution in [0.4, 0.5) is 0 Å². The summed E-state index contributed by atoms with van der Waals surface area (Å²) in [5, 5.41) is 3.37. The largest absolute Gasteiger partial charge is 0.312 e. The number of rotatable bonds is 8. The molecule has 0 aromatic rings. The monoisotopic (exact) mass is 276 g/mol. The molecule has 1 aliphatic heterocycles. The Labute approximate surface area is 112 Å². The van der Waals surface area contributed by atoms with E-state index < -0.39 is 9.84 Å². The molecule has 18 heavy (non-hydrogen) atoms. The third-order valence-corrected chi connectivity index (χ3v) is 5.58. The predicted molar refractivity (Wildman–Crippen MR) is 76.6 cm³/mol. The molecule has 108 valence electrons. The minimum atomic E-state index is -2.75. The van der Waals surface area contributed by atoms with Crippen LogP contribution < -0.4 is 5.32 Å². The third-order valence-electron chi connectivity index (χ3n) is 3.81. The van der Waals surface area contributed by atoms with Crippen molar-refractivity contribution in [1.29, 1.82) is 0 Å². The average molecular weight is 276 g/mol. The quantitative estimate of drug-likeness (QED) is 0.722. The summed E-state index contributed by atoms with van der Waals surface area (Å²) in [4.78, 5) is 2.44. The number of hydrogen-bond acceptors (Lipinski definition) is 4. The molecule has 0 aromatic carbocycles. The standard InChI is InChI=1S/C13H28N2O2S/c1-4-12(3)10-15(5-2)8-7-14-13-6-9-18(16,17)11-13/h12-14H,4-11H2,1-3H3. The average Bonchev–Trinajstić information content (AvgIpc) is 2.67. The van der Waals surface area contributed by atoms with E-state index in [-0.39, 0.29) is 6.04 Å². The predicted octanol–water partition coefficient (Wildman–Crippen LogP) is 1.13. The van der Waals surface area contributed by atoms with Gasteiger partial charge in [-0.2, -0.15) is 0 Å². The summed E-state index contributed by atoms with van der Waals surface area (Å²) in [5.41, 5.74) is 0. The van der Waals surface area contributed by atoms with E-state index in [1.165, 1.54) is 6.42 Å². The van der Waals surface area contributed by atoms with Crippen molar-refractivity contribution < 1.29 is 8.42 Å². The van der Waals surface area contributed by atoms with Crippen LogP contribution in [0.5, 0.6) is 0 Å². The van der Waals surface area contributed by atoms with Crippen molar-refractivity contribution in [3.63, 3.8) is 0 Å². The van der Waals surface area contributed by atoms with Crippen LogP contribution in [-0.2, 0) is 9.84 Å². The van der Waals surface area contributed by atoms with Gasteiger partial charge in [0.2, 0.25) is 0 Å². The molecule has 0 bridgehead atoms. The van der Waals surface area contributed by atoms with E-state index in [4.69, 9.17) is 0 Å². The first kappa shape index (κ1) is 15.9. The lowest BCUT2D eigenvalue weighted by Crippen LogP contribution is -2.39. The minimum Gasteiger partial charge on any atom is -0.312 e. The Morgan fingerprint density at radius 1 is 1.39 bits per heavy atom. The van der Waals surface area contributed by atoms with E-state index in [0.29, 0.717) is 11.5 Å². The smallest absolute Gasteiger partial charge is 0.151 e. The van der Waals surface area contributed by atoms with Gasteiger partial charge in [-0.3, -0.25) is 0 Å². The maximum absolute atomic E-state index is 11.3. The molecule has 0 saturated carbocycles. The summed E-state index contributed by atoms with van der Waals surface area (Å²) in [6.45, 7) is 10.8. The molecule has 1 saturated heterocycles. The fourth-order valence-electron chi connectivity index (χ4n) is 2.33. The topological polar surface area (TPSA) is 49.4 Å². The Morgan fingerprint density at radius 2 is 2.11 bits per heavy atom. The maximum Gasteiger partial charge on any atom is 0.151 e. The van der Waals surface area contributed by atoms with Crippen LogP contribution >= 0.6 is 0 Å². The zero-order valence-corrected chi connectivity index (χ0v) is 12.8. The SMILES string of the molecule is CCC(C)CN(CC)CCNC1CCS(=O)(=O)C1. The molecule has 2 unspecified atom stereocenters. The van der Waals surface area contributed by atoms with E-state index in [2.05, 4.69) is 31.0 Å². The van der Waals surface area contributed by atoms with Crippen LogP contribution in [-0.4, -0.2) is 57.0 Å². The van der Waals surface area contributed by atoms with Gasteiger partial charge in [-0.05, 0) is 18.9 Å². The maximum atomic E-state index is 11.3. The molecule has 0 amide bonds. The van der Waals surface area contributed by atoms with Crippen LogP contribution in [0.15, 0.2) is 0 Å². The lowest BCUT2D eigenvalue weighted by molar-refractivity contribution is 0.243. The van der Waals surface area contributed by atoms with Crippen molar-refractivity contribution in [3.8, 4) is 0 Å². The van der Waals surface area contributed by atoms with Crippen molar-refractivity contribution in [1.82, 2.24) is 10.2 Å². The van der Waals surface area contributed by atoms with Crippen LogP contribution in [0.3, 0.4) is 0 Å². The molecule has 0 spiro atoms. The summed E-state index contributed by atoms with van der Waals surface area (Å²) >= 11 is 0. The normalized spacial score (nSPS) is 24.6. The Morgan fingerprint density at radius 3 is 2.61 bits per heavy atom. The molecule has 4 nitrogen and oxygen atoms in total. The van der Waals surface area contributed by atoms with Crippen molar-refractivity contribution in [2.75, 3.05) is 37.7 Å². The zero-order chi connectivity index (χ0) is 13.6. The van der Waals surface area contributed by atoms with Crippen LogP contribution in [0, 0.1) is 5.92 Å². The second-order valence-corrected chi connectivity index (χ2v) is 7.69. The van der Waals surface area contributed by atoms with Gasteiger partial charge in [0.25, 0.3) is 0 Å². The first-order valence-corrected chi connectivity index (χ1v) is 8.95. The van der Waals surface area contributed by atoms with E-state index in [0.717, 1.165) is 38.5 Å². The van der Waals surface area contributed by atoms with E-state index >= 15 is 0 Å². The molecular formula is C13H28N2O2S. The number of nitrogens with zero attached hydrogens (tertiary/aromatic N) is 1. The Kier molecular flexibility index (Phi) is 6.60. The van der Waals surface area contributed by atoms with Gasteiger partial charge in [-0.1, -0.05) is 27.2 Å². The Hall–Kier alpha value is -0.130. The summed E-state index contributed by atoms with van der Waals surface area (Å²) in [6, 6.07) is 0.178. The van der Waals surface area contributed by atoms with Gasteiger partial charge in [-0.25, -0.2) is 8.42 Å². The van der Waals surface area contributed by atoms with E-state index in [1.54, 1.807) is 0 Å². The van der Waals surface area contributed by atoms with Crippen LogP contribution in [0.1, 0.15) is 33.6 Å². The number of likely N-dealkylation sites (N-methyl/N-ethyl adjacent to an activating group) is 1. The van der Waals surface area contributed by atoms with Gasteiger partial charge in [0, 0.05) is 25.7 Å². The van der Waals surface area contributed by atoms with Crippen molar-refractivity contribution >= 4 is 9.84 Å². The van der Waals surface area contributed by atoms with Crippen LogP contribution in [0.25, 0.3) is 0 Å². The molecule has 2 atom stereocenters. The first-order chi connectivity index (χ1) is 8.46. The molecule has 1 heterocycles. The van der Waals surface area contributed by atoms with Gasteiger partial charge < -0.3 is 10.2 Å². The highest BCUT2D eigenvalue weighted by Crippen LogP contribution is 2.11. The van der Waals surface area contributed by atoms with Crippen molar-refractivity contribution in [3.05, 3.63) is 0 Å². The Bertz CT molecular complexity index is 330. The fourth-order valence-corrected chi connectivity index (χ4v) is 4.04. The van der Waals surface area contributed by atoms with Crippen molar-refractivity contribution in [2.24, 2.45) is 5.92 Å². The highest BCUT2D eigenvalue weighted by atomic mass is 32.2. The summed E-state index contributed by atoms with van der Waals surface area (Å²) in [5.74, 6) is 1.41. The van der Waals surface area contributed by atoms with Gasteiger partial charge in [0.05, 0.1) is 11.5 Å². The van der Waals surface area contributed by atoms with E-state index in [9.17, 15) is 8.42 Å². The van der Waals surface area contributed by atoms with Crippen LogP contribution in [0.2, 0.25) is 0 Å². The second kappa shape index (κ2) is 7.46. The van der Waals surface area contributed by atoms with E-state index in [1.807, 2.05) is 0 Å². The van der Waals surface area contributed by atoms with Gasteiger partial charge in [0.15, 0.2) is 9.84 Å². The summed E-state index contributed by atoms with van der Waals surface area (Å²) in [6.07, 6.45) is 1.99. The molecule has 1 fully saturated rings. The lowest BCUT2D eigenvalue weighted by Gasteiger charge is -2.24. The fraction of sp³-hybridized carbons (Fsp3) is 1.00. The second-order valence-electron chi connectivity index (χ2n) is 5.46. The molecule has 0 aliphatic carbocycles. The zero-order valence-electron chi connectivity index (χ0n) is 12.0. The van der Waals surface area contributed by atoms with Crippen molar-refractivity contribution in [2.45, 2.75) is 39.7 Å². The highest BCUT2D eigenvalue weighted by molar-refractivity contribution is 7.91. The molecular weight excluding hydrogens is 248 g/mol.